The first-order chi connectivity index (χ1) is 12.0. The Hall–Kier alpha value is -3.05. The Morgan fingerprint density at radius 2 is 1.88 bits per heavy atom. The molecule has 0 fully saturated rings. The summed E-state index contributed by atoms with van der Waals surface area (Å²) in [6.07, 6.45) is 3.05. The first-order valence-corrected chi connectivity index (χ1v) is 7.94. The summed E-state index contributed by atoms with van der Waals surface area (Å²) in [5.74, 6) is -0.428. The van der Waals surface area contributed by atoms with Crippen LogP contribution in [0, 0.1) is 0 Å². The van der Waals surface area contributed by atoms with Gasteiger partial charge in [-0.05, 0) is 17.7 Å². The molecule has 25 heavy (non-hydrogen) atoms. The lowest BCUT2D eigenvalue weighted by Gasteiger charge is -2.21. The van der Waals surface area contributed by atoms with Gasteiger partial charge < -0.3 is 20.1 Å². The van der Waals surface area contributed by atoms with Gasteiger partial charge in [-0.2, -0.15) is 0 Å². The number of aromatic nitrogens is 1. The van der Waals surface area contributed by atoms with E-state index in [0.29, 0.717) is 12.4 Å². The van der Waals surface area contributed by atoms with Crippen molar-refractivity contribution in [1.29, 1.82) is 0 Å². The van der Waals surface area contributed by atoms with Crippen LogP contribution in [0.2, 0.25) is 0 Å². The summed E-state index contributed by atoms with van der Waals surface area (Å²) in [7, 11) is 0. The number of carboxylic acid groups (broad SMARTS) is 1. The van der Waals surface area contributed by atoms with Crippen molar-refractivity contribution in [3.63, 3.8) is 0 Å². The van der Waals surface area contributed by atoms with E-state index in [9.17, 15) is 9.90 Å². The van der Waals surface area contributed by atoms with Crippen LogP contribution in [-0.4, -0.2) is 21.2 Å². The van der Waals surface area contributed by atoms with Crippen molar-refractivity contribution in [2.24, 2.45) is 5.73 Å². The van der Waals surface area contributed by atoms with E-state index < -0.39 is 11.5 Å². The lowest BCUT2D eigenvalue weighted by molar-refractivity contribution is -0.141. The molecule has 0 aliphatic heterocycles. The standard InChI is InChI=1S/C20H20N2O3/c1-2-20(21,19(23)24)14-22-12-18(16-10-6-7-11-17(16)22)25-13-15-8-4-3-5-9-15/h2-12H,1,13-14,21H2,(H,23,24). The zero-order valence-electron chi connectivity index (χ0n) is 13.8. The van der Waals surface area contributed by atoms with Gasteiger partial charge in [-0.15, -0.1) is 6.58 Å². The third-order valence-corrected chi connectivity index (χ3v) is 4.18. The van der Waals surface area contributed by atoms with Crippen molar-refractivity contribution in [1.82, 2.24) is 4.57 Å². The maximum Gasteiger partial charge on any atom is 0.329 e. The van der Waals surface area contributed by atoms with Gasteiger partial charge in [0.25, 0.3) is 0 Å². The molecule has 5 heteroatoms. The average Bonchev–Trinajstić information content (AvgIpc) is 2.98. The Balaban J connectivity index is 1.93. The highest BCUT2D eigenvalue weighted by atomic mass is 16.5. The molecule has 0 amide bonds. The number of hydrogen-bond donors (Lipinski definition) is 2. The number of nitrogens with two attached hydrogens (primary N) is 1. The lowest BCUT2D eigenvalue weighted by atomic mass is 10.0. The number of aliphatic carboxylic acids is 1. The number of ether oxygens (including phenoxy) is 1. The van der Waals surface area contributed by atoms with E-state index in [2.05, 4.69) is 6.58 Å². The number of fused-ring (bicyclic) bond motifs is 1. The molecule has 128 valence electrons. The predicted molar refractivity (Wildman–Crippen MR) is 97.5 cm³/mol. The summed E-state index contributed by atoms with van der Waals surface area (Å²) < 4.78 is 7.76. The summed E-state index contributed by atoms with van der Waals surface area (Å²) in [4.78, 5) is 11.5. The second-order valence-corrected chi connectivity index (χ2v) is 5.96. The van der Waals surface area contributed by atoms with Gasteiger partial charge in [-0.25, -0.2) is 4.79 Å². The van der Waals surface area contributed by atoms with E-state index in [-0.39, 0.29) is 6.54 Å². The predicted octanol–water partition coefficient (Wildman–Crippen LogP) is 3.19. The van der Waals surface area contributed by atoms with Crippen LogP contribution in [-0.2, 0) is 17.9 Å². The fourth-order valence-electron chi connectivity index (χ4n) is 2.70. The molecule has 0 aliphatic carbocycles. The van der Waals surface area contributed by atoms with Crippen LogP contribution in [0.25, 0.3) is 10.9 Å². The van der Waals surface area contributed by atoms with Crippen molar-refractivity contribution in [3.05, 3.63) is 79.0 Å². The molecule has 0 radical (unpaired) electrons. The molecule has 2 aromatic carbocycles. The van der Waals surface area contributed by atoms with Crippen LogP contribution in [0.5, 0.6) is 5.75 Å². The Labute approximate surface area is 145 Å². The van der Waals surface area contributed by atoms with E-state index >= 15 is 0 Å². The Bertz CT molecular complexity index is 902. The number of rotatable bonds is 7. The third-order valence-electron chi connectivity index (χ3n) is 4.18. The van der Waals surface area contributed by atoms with Crippen molar-refractivity contribution in [2.45, 2.75) is 18.7 Å². The van der Waals surface area contributed by atoms with E-state index in [1.54, 1.807) is 10.8 Å². The summed E-state index contributed by atoms with van der Waals surface area (Å²) in [5, 5.41) is 10.3. The number of para-hydroxylation sites is 1. The zero-order chi connectivity index (χ0) is 17.9. The SMILES string of the molecule is C=CC(N)(Cn1cc(OCc2ccccc2)c2ccccc21)C(=O)O. The van der Waals surface area contributed by atoms with Crippen LogP contribution in [0.1, 0.15) is 5.56 Å². The van der Waals surface area contributed by atoms with E-state index in [0.717, 1.165) is 16.5 Å². The third kappa shape index (κ3) is 3.41. The topological polar surface area (TPSA) is 77.5 Å². The molecule has 5 nitrogen and oxygen atoms in total. The molecule has 3 aromatic rings. The second-order valence-electron chi connectivity index (χ2n) is 5.96. The molecule has 1 atom stereocenters. The van der Waals surface area contributed by atoms with Crippen molar-refractivity contribution in [2.75, 3.05) is 0 Å². The Morgan fingerprint density at radius 1 is 1.20 bits per heavy atom. The van der Waals surface area contributed by atoms with E-state index in [4.69, 9.17) is 10.5 Å². The fourth-order valence-corrected chi connectivity index (χ4v) is 2.70. The van der Waals surface area contributed by atoms with Crippen molar-refractivity contribution >= 4 is 16.9 Å². The minimum absolute atomic E-state index is 0.0705. The Kier molecular flexibility index (Phi) is 4.59. The minimum Gasteiger partial charge on any atom is -0.487 e. The van der Waals surface area contributed by atoms with Crippen LogP contribution in [0.4, 0.5) is 0 Å². The number of hydrogen-bond acceptors (Lipinski definition) is 3. The summed E-state index contributed by atoms with van der Waals surface area (Å²) >= 11 is 0. The molecular weight excluding hydrogens is 316 g/mol. The second kappa shape index (κ2) is 6.83. The maximum absolute atomic E-state index is 11.5. The van der Waals surface area contributed by atoms with Gasteiger partial charge in [0.1, 0.15) is 12.4 Å². The molecule has 3 N–H and O–H groups in total. The number of carboxylic acids is 1. The monoisotopic (exact) mass is 336 g/mol. The molecule has 1 unspecified atom stereocenters. The lowest BCUT2D eigenvalue weighted by Crippen LogP contribution is -2.49. The van der Waals surface area contributed by atoms with Gasteiger partial charge in [-0.1, -0.05) is 48.5 Å². The van der Waals surface area contributed by atoms with Crippen LogP contribution < -0.4 is 10.5 Å². The first kappa shape index (κ1) is 16.8. The van der Waals surface area contributed by atoms with Crippen LogP contribution in [0.15, 0.2) is 73.4 Å². The molecule has 0 bridgehead atoms. The molecule has 1 heterocycles. The zero-order valence-corrected chi connectivity index (χ0v) is 13.8. The van der Waals surface area contributed by atoms with Crippen molar-refractivity contribution < 1.29 is 14.6 Å². The molecule has 1 aromatic heterocycles. The highest BCUT2D eigenvalue weighted by Gasteiger charge is 2.31. The molecule has 0 saturated carbocycles. The van der Waals surface area contributed by atoms with Gasteiger partial charge in [0.2, 0.25) is 0 Å². The largest absolute Gasteiger partial charge is 0.487 e. The molecule has 0 spiro atoms. The van der Waals surface area contributed by atoms with E-state index in [1.807, 2.05) is 54.6 Å². The number of benzene rings is 2. The van der Waals surface area contributed by atoms with E-state index in [1.165, 1.54) is 6.08 Å². The molecule has 3 rings (SSSR count). The smallest absolute Gasteiger partial charge is 0.329 e. The van der Waals surface area contributed by atoms with Crippen LogP contribution >= 0.6 is 0 Å². The van der Waals surface area contributed by atoms with Gasteiger partial charge >= 0.3 is 5.97 Å². The normalized spacial score (nSPS) is 13.3. The Morgan fingerprint density at radius 3 is 2.56 bits per heavy atom. The van der Waals surface area contributed by atoms with Gasteiger partial charge in [0.05, 0.1) is 12.1 Å². The highest BCUT2D eigenvalue weighted by molar-refractivity contribution is 5.87. The molecule has 0 saturated heterocycles. The number of nitrogens with zero attached hydrogens (tertiary/aromatic N) is 1. The first-order valence-electron chi connectivity index (χ1n) is 7.94. The van der Waals surface area contributed by atoms with Crippen molar-refractivity contribution in [3.8, 4) is 5.75 Å². The quantitative estimate of drug-likeness (QED) is 0.650. The van der Waals surface area contributed by atoms with Gasteiger partial charge in [-0.3, -0.25) is 0 Å². The fraction of sp³-hybridized carbons (Fsp3) is 0.150. The molecule has 0 aliphatic rings. The van der Waals surface area contributed by atoms with Gasteiger partial charge in [0.15, 0.2) is 5.54 Å². The minimum atomic E-state index is -1.54. The maximum atomic E-state index is 11.5. The number of carbonyl (C=O) groups is 1. The van der Waals surface area contributed by atoms with Gasteiger partial charge in [0, 0.05) is 11.6 Å². The summed E-state index contributed by atoms with van der Waals surface area (Å²) in [6.45, 7) is 4.07. The average molecular weight is 336 g/mol. The molecular formula is C20H20N2O3. The van der Waals surface area contributed by atoms with Crippen LogP contribution in [0.3, 0.4) is 0 Å². The summed E-state index contributed by atoms with van der Waals surface area (Å²) in [6, 6.07) is 17.5. The summed E-state index contributed by atoms with van der Waals surface area (Å²) in [5.41, 5.74) is 6.34. The highest BCUT2D eigenvalue weighted by Crippen LogP contribution is 2.29.